The lowest BCUT2D eigenvalue weighted by molar-refractivity contribution is -0.197. The molecule has 1 spiro atoms. The van der Waals surface area contributed by atoms with Gasteiger partial charge in [-0.15, -0.1) is 6.58 Å². The van der Waals surface area contributed by atoms with Crippen LogP contribution in [-0.4, -0.2) is 69.8 Å². The number of piperidine rings is 1. The predicted molar refractivity (Wildman–Crippen MR) is 137 cm³/mol. The molecule has 36 heavy (non-hydrogen) atoms. The Labute approximate surface area is 216 Å². The Kier molecular flexibility index (Phi) is 5.38. The minimum Gasteiger partial charge on any atom is -0.504 e. The summed E-state index contributed by atoms with van der Waals surface area (Å²) in [5.41, 5.74) is 1.02. The van der Waals surface area contributed by atoms with Gasteiger partial charge in [0.05, 0.1) is 17.1 Å². The van der Waals surface area contributed by atoms with E-state index >= 15 is 0 Å². The van der Waals surface area contributed by atoms with Crippen LogP contribution in [0.3, 0.4) is 0 Å². The van der Waals surface area contributed by atoms with Crippen molar-refractivity contribution in [1.82, 2.24) is 9.80 Å². The third kappa shape index (κ3) is 3.10. The smallest absolute Gasteiger partial charge is 0.298 e. The van der Waals surface area contributed by atoms with Gasteiger partial charge in [-0.05, 0) is 68.1 Å². The van der Waals surface area contributed by atoms with Crippen molar-refractivity contribution >= 4 is 17.5 Å². The molecule has 1 amide bonds. The molecular formula is C29H29ClN2O4. The number of benzene rings is 2. The van der Waals surface area contributed by atoms with Crippen molar-refractivity contribution in [2.45, 2.75) is 54.9 Å². The summed E-state index contributed by atoms with van der Waals surface area (Å²) < 4.78 is 6.52. The molecule has 6 nitrogen and oxygen atoms in total. The minimum absolute atomic E-state index is 0.0787. The van der Waals surface area contributed by atoms with E-state index in [2.05, 4.69) is 23.3 Å². The zero-order valence-corrected chi connectivity index (χ0v) is 21.0. The molecule has 2 aliphatic heterocycles. The normalized spacial score (nSPS) is 31.5. The third-order valence-electron chi connectivity index (χ3n) is 8.88. The first-order chi connectivity index (χ1) is 17.3. The van der Waals surface area contributed by atoms with Gasteiger partial charge in [-0.2, -0.15) is 0 Å². The van der Waals surface area contributed by atoms with Gasteiger partial charge in [0.2, 0.25) is 0 Å². The van der Waals surface area contributed by atoms with Crippen LogP contribution in [0.25, 0.3) is 0 Å². The van der Waals surface area contributed by atoms with E-state index in [0.29, 0.717) is 48.6 Å². The summed E-state index contributed by atoms with van der Waals surface area (Å²) in [4.78, 5) is 17.2. The second-order valence-corrected chi connectivity index (χ2v) is 10.9. The molecule has 7 heteroatoms. The van der Waals surface area contributed by atoms with Crippen LogP contribution in [0.2, 0.25) is 5.02 Å². The van der Waals surface area contributed by atoms with Crippen molar-refractivity contribution in [1.29, 1.82) is 0 Å². The van der Waals surface area contributed by atoms with Gasteiger partial charge in [-0.25, -0.2) is 0 Å². The zero-order valence-electron chi connectivity index (χ0n) is 20.2. The number of halogens is 1. The maximum Gasteiger partial charge on any atom is 0.298 e. The lowest BCUT2D eigenvalue weighted by Gasteiger charge is -2.64. The number of rotatable bonds is 3. The summed E-state index contributed by atoms with van der Waals surface area (Å²) in [7, 11) is 1.75. The lowest BCUT2D eigenvalue weighted by Crippen LogP contribution is -2.78. The average molecular weight is 505 g/mol. The first-order valence-corrected chi connectivity index (χ1v) is 12.8. The van der Waals surface area contributed by atoms with Crippen LogP contribution in [-0.2, 0) is 16.6 Å². The van der Waals surface area contributed by atoms with Crippen LogP contribution >= 0.6 is 11.6 Å². The summed E-state index contributed by atoms with van der Waals surface area (Å²) in [6, 6.07) is 10.3. The molecule has 2 fully saturated rings. The Balaban J connectivity index is 1.39. The van der Waals surface area contributed by atoms with Gasteiger partial charge in [-0.1, -0.05) is 29.7 Å². The van der Waals surface area contributed by atoms with Crippen LogP contribution in [0.4, 0.5) is 0 Å². The average Bonchev–Trinajstić information content (AvgIpc) is 3.22. The molecule has 2 bridgehead atoms. The second-order valence-electron chi connectivity index (χ2n) is 10.4. The molecule has 2 aliphatic carbocycles. The Morgan fingerprint density at radius 3 is 2.83 bits per heavy atom. The van der Waals surface area contributed by atoms with Crippen molar-refractivity contribution in [3.63, 3.8) is 0 Å². The van der Waals surface area contributed by atoms with E-state index in [-0.39, 0.29) is 23.7 Å². The number of carbonyl (C=O) groups is 1. The van der Waals surface area contributed by atoms with Crippen LogP contribution < -0.4 is 4.74 Å². The van der Waals surface area contributed by atoms with Crippen LogP contribution in [0, 0.1) is 11.8 Å². The standard InChI is InChI=1S/C29H29ClN2O4/c1-3-15-32-16-14-28-25-19-7-10-22(33)26(25)36-27(28)21(12-13-29(28,35)23(32)17-19)31(2)24(34)11-6-18-4-8-20(30)9-5-18/h3-5,7-10,21,23,27,33,35H,1,12-17H2,2H3/t21-,23-,27+,28+,29-/m1/s1. The Morgan fingerprint density at radius 2 is 2.08 bits per heavy atom. The number of amides is 1. The predicted octanol–water partition coefficient (Wildman–Crippen LogP) is 3.26. The molecule has 0 radical (unpaired) electrons. The molecule has 6 rings (SSSR count). The molecule has 2 N–H and O–H groups in total. The quantitative estimate of drug-likeness (QED) is 0.496. The van der Waals surface area contributed by atoms with Gasteiger partial charge in [0.25, 0.3) is 5.91 Å². The third-order valence-corrected chi connectivity index (χ3v) is 9.13. The van der Waals surface area contributed by atoms with E-state index in [9.17, 15) is 15.0 Å². The fourth-order valence-corrected chi connectivity index (χ4v) is 7.41. The number of hydrogen-bond donors (Lipinski definition) is 2. The summed E-state index contributed by atoms with van der Waals surface area (Å²) in [5.74, 6) is 5.93. The number of likely N-dealkylation sites (N-methyl/N-ethyl adjacent to an activating group) is 1. The van der Waals surface area contributed by atoms with Crippen molar-refractivity contribution in [3.8, 4) is 23.3 Å². The molecule has 0 unspecified atom stereocenters. The second kappa shape index (κ2) is 8.27. The molecule has 1 saturated carbocycles. The van der Waals surface area contributed by atoms with Crippen molar-refractivity contribution < 1.29 is 19.7 Å². The number of phenolic OH excluding ortho intramolecular Hbond substituents is 1. The highest BCUT2D eigenvalue weighted by Gasteiger charge is 2.73. The lowest BCUT2D eigenvalue weighted by atomic mass is 9.48. The molecule has 2 aromatic carbocycles. The van der Waals surface area contributed by atoms with Crippen LogP contribution in [0.5, 0.6) is 11.5 Å². The largest absolute Gasteiger partial charge is 0.504 e. The molecule has 5 atom stereocenters. The monoisotopic (exact) mass is 504 g/mol. The number of hydrogen-bond acceptors (Lipinski definition) is 5. The van der Waals surface area contributed by atoms with Crippen molar-refractivity contribution in [2.75, 3.05) is 20.1 Å². The van der Waals surface area contributed by atoms with Gasteiger partial charge in [-0.3, -0.25) is 9.69 Å². The summed E-state index contributed by atoms with van der Waals surface area (Å²) >= 11 is 5.95. The molecule has 4 aliphatic rings. The molecule has 1 saturated heterocycles. The summed E-state index contributed by atoms with van der Waals surface area (Å²) in [5, 5.41) is 23.8. The SMILES string of the molecule is C=CCN1CC[C@]23c4c5ccc(O)c4O[C@H]2[C@H](N(C)C(=O)C#Cc2ccc(Cl)cc2)CC[C@@]3(O)[C@H]1C5. The van der Waals surface area contributed by atoms with Gasteiger partial charge in [0, 0.05) is 41.7 Å². The Bertz CT molecular complexity index is 1320. The van der Waals surface area contributed by atoms with Crippen LogP contribution in [0.1, 0.15) is 36.0 Å². The summed E-state index contributed by atoms with van der Waals surface area (Å²) in [6.45, 7) is 5.41. The molecule has 2 aromatic rings. The topological polar surface area (TPSA) is 73.2 Å². The minimum atomic E-state index is -1.03. The van der Waals surface area contributed by atoms with E-state index in [0.717, 1.165) is 17.7 Å². The highest BCUT2D eigenvalue weighted by molar-refractivity contribution is 6.30. The Morgan fingerprint density at radius 1 is 1.31 bits per heavy atom. The highest BCUT2D eigenvalue weighted by Crippen LogP contribution is 2.65. The fourth-order valence-electron chi connectivity index (χ4n) is 7.28. The maximum absolute atomic E-state index is 13.2. The van der Waals surface area contributed by atoms with E-state index in [4.69, 9.17) is 16.3 Å². The molecular weight excluding hydrogens is 476 g/mol. The molecule has 0 aromatic heterocycles. The first kappa shape index (κ1) is 23.4. The first-order valence-electron chi connectivity index (χ1n) is 12.4. The number of nitrogens with zero attached hydrogens (tertiary/aromatic N) is 2. The number of likely N-dealkylation sites (tertiary alicyclic amines) is 1. The summed E-state index contributed by atoms with van der Waals surface area (Å²) in [6.07, 6.45) is 3.90. The highest BCUT2D eigenvalue weighted by atomic mass is 35.5. The number of phenols is 1. The van der Waals surface area contributed by atoms with E-state index in [1.807, 2.05) is 12.1 Å². The van der Waals surface area contributed by atoms with Gasteiger partial charge in [0.1, 0.15) is 6.10 Å². The van der Waals surface area contributed by atoms with E-state index in [1.165, 1.54) is 0 Å². The number of aromatic hydroxyl groups is 1. The zero-order chi connectivity index (χ0) is 25.2. The van der Waals surface area contributed by atoms with Crippen LogP contribution in [0.15, 0.2) is 49.1 Å². The van der Waals surface area contributed by atoms with Gasteiger partial charge in [0.15, 0.2) is 11.5 Å². The Hall–Kier alpha value is -2.98. The number of ether oxygens (including phenoxy) is 1. The molecule has 186 valence electrons. The number of carbonyl (C=O) groups excluding carboxylic acids is 1. The van der Waals surface area contributed by atoms with Crippen molar-refractivity contribution in [3.05, 3.63) is 70.8 Å². The fraction of sp³-hybridized carbons (Fsp3) is 0.414. The van der Waals surface area contributed by atoms with Gasteiger partial charge < -0.3 is 19.8 Å². The number of aliphatic hydroxyl groups is 1. The van der Waals surface area contributed by atoms with E-state index in [1.54, 1.807) is 42.3 Å². The maximum atomic E-state index is 13.2. The van der Waals surface area contributed by atoms with E-state index < -0.39 is 17.1 Å². The van der Waals surface area contributed by atoms with Gasteiger partial charge >= 0.3 is 0 Å². The van der Waals surface area contributed by atoms with Crippen molar-refractivity contribution in [2.24, 2.45) is 0 Å². The molecule has 2 heterocycles.